The third kappa shape index (κ3) is 4.12. The Labute approximate surface area is 217 Å². The van der Waals surface area contributed by atoms with Crippen LogP contribution in [0.1, 0.15) is 37.4 Å². The molecule has 5 rings (SSSR count). The van der Waals surface area contributed by atoms with Crippen molar-refractivity contribution in [3.8, 4) is 5.75 Å². The summed E-state index contributed by atoms with van der Waals surface area (Å²) in [6, 6.07) is 4.33. The zero-order valence-corrected chi connectivity index (χ0v) is 21.1. The number of anilines is 1. The molecule has 208 valence electrons. The number of fused-ring (bicyclic) bond motifs is 2. The monoisotopic (exact) mass is 553 g/mol. The average molecular weight is 553 g/mol. The molecule has 0 radical (unpaired) electrons. The van der Waals surface area contributed by atoms with Crippen LogP contribution in [0.4, 0.5) is 27.8 Å². The molecule has 0 bridgehead atoms. The molecule has 0 saturated carbocycles. The number of aryl methyl sites for hydroxylation is 1. The molecule has 1 saturated heterocycles. The van der Waals surface area contributed by atoms with E-state index < -0.39 is 60.3 Å². The normalized spacial score (nSPS) is 21.1. The van der Waals surface area contributed by atoms with Gasteiger partial charge in [0, 0.05) is 43.7 Å². The van der Waals surface area contributed by atoms with Gasteiger partial charge in [-0.25, -0.2) is 4.68 Å². The number of likely N-dealkylation sites (tertiary alicyclic amines) is 1. The molecule has 1 N–H and O–H groups in total. The Bertz CT molecular complexity index is 1620. The number of nitrogens with zero attached hydrogens (tertiary/aromatic N) is 4. The highest BCUT2D eigenvalue weighted by Crippen LogP contribution is 2.46. The van der Waals surface area contributed by atoms with Gasteiger partial charge in [0.25, 0.3) is 11.1 Å². The molecule has 9 nitrogen and oxygen atoms in total. The molecule has 14 heteroatoms. The first kappa shape index (κ1) is 26.6. The van der Waals surface area contributed by atoms with Crippen LogP contribution in [0.25, 0.3) is 10.8 Å². The largest absolute Gasteiger partial charge is 0.486 e. The Morgan fingerprint density at radius 3 is 2.56 bits per heavy atom. The molecule has 39 heavy (non-hydrogen) atoms. The zero-order chi connectivity index (χ0) is 28.5. The summed E-state index contributed by atoms with van der Waals surface area (Å²) in [5.74, 6) is -3.80. The van der Waals surface area contributed by atoms with E-state index >= 15 is 0 Å². The van der Waals surface area contributed by atoms with Crippen LogP contribution in [0, 0.1) is 0 Å². The molecule has 2 atom stereocenters. The number of hydrogen-bond donors (Lipinski definition) is 1. The minimum Gasteiger partial charge on any atom is -0.486 e. The van der Waals surface area contributed by atoms with Gasteiger partial charge in [-0.3, -0.25) is 19.0 Å². The number of para-hydroxylation sites is 1. The van der Waals surface area contributed by atoms with Gasteiger partial charge >= 0.3 is 12.1 Å². The number of halogens is 5. The summed E-state index contributed by atoms with van der Waals surface area (Å²) in [5.41, 5.74) is -4.43. The summed E-state index contributed by atoms with van der Waals surface area (Å²) < 4.78 is 78.6. The van der Waals surface area contributed by atoms with Crippen molar-refractivity contribution in [1.29, 1.82) is 0 Å². The molecule has 1 unspecified atom stereocenters. The maximum Gasteiger partial charge on any atom is 0.413 e. The Balaban J connectivity index is 1.65. The number of aromatic nitrogens is 3. The molecule has 2 aliphatic rings. The van der Waals surface area contributed by atoms with Gasteiger partial charge in [0.15, 0.2) is 18.0 Å². The summed E-state index contributed by atoms with van der Waals surface area (Å²) >= 11 is 0. The van der Waals surface area contributed by atoms with E-state index in [1.165, 1.54) is 19.2 Å². The second-order valence-electron chi connectivity index (χ2n) is 9.89. The van der Waals surface area contributed by atoms with E-state index in [-0.39, 0.29) is 34.4 Å². The third-order valence-electron chi connectivity index (χ3n) is 7.42. The number of alkyl halides is 5. The molecule has 1 fully saturated rings. The molecule has 3 aromatic rings. The number of carbonyl (C=O) groups is 1. The highest BCUT2D eigenvalue weighted by Gasteiger charge is 2.60. The van der Waals surface area contributed by atoms with Gasteiger partial charge in [0.2, 0.25) is 5.91 Å². The van der Waals surface area contributed by atoms with Gasteiger partial charge < -0.3 is 15.0 Å². The summed E-state index contributed by atoms with van der Waals surface area (Å²) in [6.45, 7) is 0.960. The first-order valence-electron chi connectivity index (χ1n) is 12.0. The number of ether oxygens (including phenoxy) is 1. The number of nitrogens with one attached hydrogen (secondary N) is 1. The van der Waals surface area contributed by atoms with Gasteiger partial charge in [-0.2, -0.15) is 27.1 Å². The van der Waals surface area contributed by atoms with E-state index in [0.717, 1.165) is 28.8 Å². The lowest BCUT2D eigenvalue weighted by atomic mass is 9.96. The van der Waals surface area contributed by atoms with Crippen molar-refractivity contribution in [1.82, 2.24) is 19.2 Å². The molecule has 1 aromatic carbocycles. The Morgan fingerprint density at radius 1 is 1.21 bits per heavy atom. The summed E-state index contributed by atoms with van der Waals surface area (Å²) in [6.07, 6.45) is -4.53. The van der Waals surface area contributed by atoms with E-state index in [4.69, 9.17) is 4.74 Å². The molecular formula is C25H24F5N5O4. The molecule has 0 spiro atoms. The van der Waals surface area contributed by atoms with Crippen LogP contribution in [0.2, 0.25) is 0 Å². The summed E-state index contributed by atoms with van der Waals surface area (Å²) in [4.78, 5) is 38.7. The number of hydrogen-bond acceptors (Lipinski definition) is 6. The summed E-state index contributed by atoms with van der Waals surface area (Å²) in [7, 11) is 1.31. The van der Waals surface area contributed by atoms with Gasteiger partial charge in [-0.15, -0.1) is 0 Å². The minimum atomic E-state index is -4.91. The second kappa shape index (κ2) is 8.78. The zero-order valence-electron chi connectivity index (χ0n) is 21.1. The molecular weight excluding hydrogens is 529 g/mol. The lowest BCUT2D eigenvalue weighted by molar-refractivity contribution is -0.211. The van der Waals surface area contributed by atoms with Crippen molar-refractivity contribution < 1.29 is 31.5 Å². The second-order valence-corrected chi connectivity index (χ2v) is 9.89. The van der Waals surface area contributed by atoms with E-state index in [9.17, 15) is 36.3 Å². The SMILES string of the molecule is CC(=O)N1CC[C@@](n2cc3c(NC(C)c4cccc5c4OCC5(F)F)nn(C)c(=O)c3cc2=O)(C(F)(F)F)C1. The van der Waals surface area contributed by atoms with Gasteiger partial charge in [0.1, 0.15) is 5.75 Å². The smallest absolute Gasteiger partial charge is 0.413 e. The first-order valence-corrected chi connectivity index (χ1v) is 12.0. The standard InChI is InChI=1S/C25H24F5N5O4/c1-13(15-5-4-6-18-20(15)39-12-24(18,26)27)31-21-17-10-35(19(37)9-16(17)22(38)33(3)32-21)23(25(28,29)30)7-8-34(11-23)14(2)36/h4-6,9-10,13H,7-8,11-12H2,1-3H3,(H,31,32)/t13?,23-/m0/s1. The van der Waals surface area contributed by atoms with Gasteiger partial charge in [-0.05, 0) is 19.4 Å². The highest BCUT2D eigenvalue weighted by atomic mass is 19.4. The lowest BCUT2D eigenvalue weighted by Gasteiger charge is -2.34. The van der Waals surface area contributed by atoms with Crippen molar-refractivity contribution in [2.45, 2.75) is 43.9 Å². The maximum atomic E-state index is 14.5. The number of pyridine rings is 1. The quantitative estimate of drug-likeness (QED) is 0.499. The number of rotatable bonds is 4. The van der Waals surface area contributed by atoms with E-state index in [1.807, 2.05) is 0 Å². The Hall–Kier alpha value is -3.97. The maximum absolute atomic E-state index is 14.5. The van der Waals surface area contributed by atoms with E-state index in [2.05, 4.69) is 10.4 Å². The van der Waals surface area contributed by atoms with Crippen LogP contribution in [-0.2, 0) is 23.3 Å². The van der Waals surface area contributed by atoms with Crippen molar-refractivity contribution in [2.75, 3.05) is 25.0 Å². The van der Waals surface area contributed by atoms with Crippen molar-refractivity contribution in [2.24, 2.45) is 7.05 Å². The first-order chi connectivity index (χ1) is 18.2. The molecule has 4 heterocycles. The van der Waals surface area contributed by atoms with Crippen LogP contribution < -0.4 is 21.2 Å². The minimum absolute atomic E-state index is 0.0140. The fraction of sp³-hybridized carbons (Fsp3) is 0.440. The molecule has 2 aromatic heterocycles. The number of amides is 1. The lowest BCUT2D eigenvalue weighted by Crippen LogP contribution is -2.54. The Kier molecular flexibility index (Phi) is 5.99. The predicted molar refractivity (Wildman–Crippen MR) is 130 cm³/mol. The molecule has 2 aliphatic heterocycles. The van der Waals surface area contributed by atoms with Gasteiger partial charge in [-0.1, -0.05) is 12.1 Å². The number of carbonyl (C=O) groups excluding carboxylic acids is 1. The molecule has 1 amide bonds. The fourth-order valence-corrected chi connectivity index (χ4v) is 5.26. The van der Waals surface area contributed by atoms with Crippen LogP contribution in [0.15, 0.2) is 40.1 Å². The Morgan fingerprint density at radius 2 is 1.92 bits per heavy atom. The van der Waals surface area contributed by atoms with Crippen LogP contribution in [0.5, 0.6) is 5.75 Å². The van der Waals surface area contributed by atoms with E-state index in [1.54, 1.807) is 13.0 Å². The van der Waals surface area contributed by atoms with E-state index in [0.29, 0.717) is 10.1 Å². The topological polar surface area (TPSA) is 98.5 Å². The van der Waals surface area contributed by atoms with Crippen molar-refractivity contribution >= 4 is 22.5 Å². The van der Waals surface area contributed by atoms with Crippen LogP contribution in [0.3, 0.4) is 0 Å². The van der Waals surface area contributed by atoms with Crippen LogP contribution in [-0.4, -0.2) is 51.0 Å². The number of benzene rings is 1. The van der Waals surface area contributed by atoms with Crippen molar-refractivity contribution in [3.05, 3.63) is 62.3 Å². The fourth-order valence-electron chi connectivity index (χ4n) is 5.26. The predicted octanol–water partition coefficient (Wildman–Crippen LogP) is 3.26. The van der Waals surface area contributed by atoms with Crippen molar-refractivity contribution in [3.63, 3.8) is 0 Å². The highest BCUT2D eigenvalue weighted by molar-refractivity contribution is 5.90. The summed E-state index contributed by atoms with van der Waals surface area (Å²) in [5, 5.41) is 6.89. The third-order valence-corrected chi connectivity index (χ3v) is 7.42. The molecule has 0 aliphatic carbocycles. The van der Waals surface area contributed by atoms with Gasteiger partial charge in [0.05, 0.1) is 23.5 Å². The average Bonchev–Trinajstić information content (AvgIpc) is 3.45. The van der Waals surface area contributed by atoms with Crippen LogP contribution >= 0.6 is 0 Å².